The largest absolute Gasteiger partial charge is 0.456 e. The molecule has 2 aromatic heterocycles. The lowest BCUT2D eigenvalue weighted by atomic mass is 9.99. The molecule has 0 aliphatic rings. The minimum Gasteiger partial charge on any atom is -0.456 e. The maximum Gasteiger partial charge on any atom is 0.351 e. The van der Waals surface area contributed by atoms with E-state index >= 15 is 0 Å². The first-order valence-electron chi connectivity index (χ1n) is 9.41. The number of benzene rings is 2. The molecule has 146 valence electrons. The van der Waals surface area contributed by atoms with Gasteiger partial charge in [-0.1, -0.05) is 60.7 Å². The molecule has 0 amide bonds. The molecule has 0 aliphatic heterocycles. The van der Waals surface area contributed by atoms with Crippen molar-refractivity contribution in [3.05, 3.63) is 71.6 Å². The first-order valence-corrected chi connectivity index (χ1v) is 10.2. The fourth-order valence-electron chi connectivity index (χ4n) is 3.20. The summed E-state index contributed by atoms with van der Waals surface area (Å²) in [6.45, 7) is 5.53. The van der Waals surface area contributed by atoms with Crippen LogP contribution in [-0.4, -0.2) is 16.6 Å². The van der Waals surface area contributed by atoms with Crippen molar-refractivity contribution in [2.45, 2.75) is 26.4 Å². The second kappa shape index (κ2) is 7.33. The number of hydrogen-bond donors (Lipinski definition) is 1. The molecule has 29 heavy (non-hydrogen) atoms. The molecule has 0 atom stereocenters. The average molecular weight is 403 g/mol. The molecule has 0 bridgehead atoms. The third-order valence-corrected chi connectivity index (χ3v) is 5.52. The van der Waals surface area contributed by atoms with Gasteiger partial charge < -0.3 is 10.5 Å². The molecule has 2 N–H and O–H groups in total. The Bertz CT molecular complexity index is 1180. The number of ether oxygens (including phenoxy) is 1. The zero-order chi connectivity index (χ0) is 20.6. The van der Waals surface area contributed by atoms with Crippen LogP contribution >= 0.6 is 11.3 Å². The van der Waals surface area contributed by atoms with Crippen LogP contribution in [0.4, 0.5) is 5.69 Å². The SMILES string of the molecule is CC(C)(C)OC(=O)c1sc2nc(-c3ccccc3)cc(-c3ccccc3)c2c1N. The van der Waals surface area contributed by atoms with Gasteiger partial charge in [0.2, 0.25) is 0 Å². The number of carbonyl (C=O) groups excluding carboxylic acids is 1. The fraction of sp³-hybridized carbons (Fsp3) is 0.167. The van der Waals surface area contributed by atoms with Gasteiger partial charge in [0.15, 0.2) is 0 Å². The third-order valence-electron chi connectivity index (χ3n) is 4.44. The maximum absolute atomic E-state index is 12.7. The van der Waals surface area contributed by atoms with Crippen molar-refractivity contribution in [2.75, 3.05) is 5.73 Å². The molecule has 0 spiro atoms. The molecule has 2 aromatic carbocycles. The molecule has 0 unspecified atom stereocenters. The Kier molecular flexibility index (Phi) is 4.84. The standard InChI is InChI=1S/C24H22N2O2S/c1-24(2,3)28-23(27)21-20(25)19-17(15-10-6-4-7-11-15)14-18(26-22(19)29-21)16-12-8-5-9-13-16/h4-14H,25H2,1-3H3. The topological polar surface area (TPSA) is 65.2 Å². The van der Waals surface area contributed by atoms with Gasteiger partial charge in [0.25, 0.3) is 0 Å². The molecule has 0 saturated heterocycles. The van der Waals surface area contributed by atoms with Crippen molar-refractivity contribution < 1.29 is 9.53 Å². The summed E-state index contributed by atoms with van der Waals surface area (Å²) in [5.74, 6) is -0.418. The summed E-state index contributed by atoms with van der Waals surface area (Å²) < 4.78 is 5.56. The lowest BCUT2D eigenvalue weighted by Crippen LogP contribution is -2.23. The normalized spacial score (nSPS) is 11.6. The highest BCUT2D eigenvalue weighted by molar-refractivity contribution is 7.21. The van der Waals surface area contributed by atoms with E-state index in [1.54, 1.807) is 0 Å². The summed E-state index contributed by atoms with van der Waals surface area (Å²) in [6, 6.07) is 22.0. The minimum absolute atomic E-state index is 0.393. The zero-order valence-electron chi connectivity index (χ0n) is 16.6. The first kappa shape index (κ1) is 19.2. The van der Waals surface area contributed by atoms with Crippen LogP contribution in [0.25, 0.3) is 32.6 Å². The summed E-state index contributed by atoms with van der Waals surface area (Å²) in [4.78, 5) is 18.7. The number of aromatic nitrogens is 1. The summed E-state index contributed by atoms with van der Waals surface area (Å²) >= 11 is 1.28. The number of esters is 1. The van der Waals surface area contributed by atoms with Crippen molar-refractivity contribution in [3.8, 4) is 22.4 Å². The Labute approximate surface area is 174 Å². The van der Waals surface area contributed by atoms with Crippen LogP contribution in [0.1, 0.15) is 30.4 Å². The predicted octanol–water partition coefficient (Wildman–Crippen LogP) is 6.17. The molecule has 0 saturated carbocycles. The first-order chi connectivity index (χ1) is 13.8. The van der Waals surface area contributed by atoms with Crippen LogP contribution in [0, 0.1) is 0 Å². The van der Waals surface area contributed by atoms with Crippen LogP contribution in [-0.2, 0) is 4.74 Å². The number of nitrogens with zero attached hydrogens (tertiary/aromatic N) is 1. The van der Waals surface area contributed by atoms with Gasteiger partial charge in [-0.2, -0.15) is 0 Å². The number of carbonyl (C=O) groups is 1. The molecule has 4 nitrogen and oxygen atoms in total. The van der Waals surface area contributed by atoms with Crippen LogP contribution < -0.4 is 5.73 Å². The molecule has 0 fully saturated rings. The highest BCUT2D eigenvalue weighted by Crippen LogP contribution is 2.41. The summed E-state index contributed by atoms with van der Waals surface area (Å²) in [5.41, 5.74) is 10.1. The van der Waals surface area contributed by atoms with Crippen molar-refractivity contribution >= 4 is 33.2 Å². The Balaban J connectivity index is 1.96. The summed E-state index contributed by atoms with van der Waals surface area (Å²) in [6.07, 6.45) is 0. The number of thiophene rings is 1. The lowest BCUT2D eigenvalue weighted by Gasteiger charge is -2.19. The van der Waals surface area contributed by atoms with Crippen LogP contribution in [0.3, 0.4) is 0 Å². The number of nitrogen functional groups attached to an aromatic ring is 1. The van der Waals surface area contributed by atoms with Gasteiger partial charge >= 0.3 is 5.97 Å². The second-order valence-electron chi connectivity index (χ2n) is 7.81. The number of fused-ring (bicyclic) bond motifs is 1. The van der Waals surface area contributed by atoms with E-state index in [0.29, 0.717) is 10.6 Å². The van der Waals surface area contributed by atoms with Crippen molar-refractivity contribution in [2.24, 2.45) is 0 Å². The number of nitrogens with two attached hydrogens (primary N) is 1. The van der Waals surface area contributed by atoms with Crippen molar-refractivity contribution in [3.63, 3.8) is 0 Å². The van der Waals surface area contributed by atoms with Gasteiger partial charge in [-0.15, -0.1) is 11.3 Å². The second-order valence-corrected chi connectivity index (χ2v) is 8.81. The molecule has 0 aliphatic carbocycles. The van der Waals surface area contributed by atoms with E-state index in [2.05, 4.69) is 0 Å². The number of anilines is 1. The minimum atomic E-state index is -0.593. The van der Waals surface area contributed by atoms with E-state index in [1.807, 2.05) is 87.5 Å². The van der Waals surface area contributed by atoms with Gasteiger partial charge in [-0.25, -0.2) is 9.78 Å². The van der Waals surface area contributed by atoms with E-state index in [4.69, 9.17) is 15.5 Å². The number of rotatable bonds is 3. The Morgan fingerprint density at radius 3 is 2.14 bits per heavy atom. The Morgan fingerprint density at radius 1 is 0.966 bits per heavy atom. The average Bonchev–Trinajstić information content (AvgIpc) is 3.04. The van der Waals surface area contributed by atoms with E-state index < -0.39 is 11.6 Å². The lowest BCUT2D eigenvalue weighted by molar-refractivity contribution is 0.00764. The highest BCUT2D eigenvalue weighted by atomic mass is 32.1. The Morgan fingerprint density at radius 2 is 1.55 bits per heavy atom. The van der Waals surface area contributed by atoms with Gasteiger partial charge in [-0.3, -0.25) is 0 Å². The van der Waals surface area contributed by atoms with E-state index in [0.717, 1.165) is 32.6 Å². The van der Waals surface area contributed by atoms with Crippen LogP contribution in [0.15, 0.2) is 66.7 Å². The fourth-order valence-corrected chi connectivity index (χ4v) is 4.20. The molecule has 2 heterocycles. The quantitative estimate of drug-likeness (QED) is 0.416. The van der Waals surface area contributed by atoms with Gasteiger partial charge in [0.05, 0.1) is 11.4 Å². The van der Waals surface area contributed by atoms with Gasteiger partial charge in [0, 0.05) is 10.9 Å². The van der Waals surface area contributed by atoms with Crippen LogP contribution in [0.5, 0.6) is 0 Å². The van der Waals surface area contributed by atoms with Gasteiger partial charge in [0.1, 0.15) is 15.3 Å². The smallest absolute Gasteiger partial charge is 0.351 e. The van der Waals surface area contributed by atoms with Crippen molar-refractivity contribution in [1.82, 2.24) is 4.98 Å². The molecular weight excluding hydrogens is 380 g/mol. The zero-order valence-corrected chi connectivity index (χ0v) is 17.4. The predicted molar refractivity (Wildman–Crippen MR) is 120 cm³/mol. The Hall–Kier alpha value is -3.18. The summed E-state index contributed by atoms with van der Waals surface area (Å²) in [7, 11) is 0. The highest BCUT2D eigenvalue weighted by Gasteiger charge is 2.25. The molecule has 5 heteroatoms. The molecule has 0 radical (unpaired) electrons. The summed E-state index contributed by atoms with van der Waals surface area (Å²) in [5, 5.41) is 0.793. The van der Waals surface area contributed by atoms with E-state index in [-0.39, 0.29) is 0 Å². The monoisotopic (exact) mass is 402 g/mol. The van der Waals surface area contributed by atoms with E-state index in [9.17, 15) is 4.79 Å². The van der Waals surface area contributed by atoms with Gasteiger partial charge in [-0.05, 0) is 38.0 Å². The van der Waals surface area contributed by atoms with Crippen molar-refractivity contribution in [1.29, 1.82) is 0 Å². The number of hydrogen-bond acceptors (Lipinski definition) is 5. The molecule has 4 rings (SSSR count). The molecular formula is C24H22N2O2S. The third kappa shape index (κ3) is 3.87. The van der Waals surface area contributed by atoms with Crippen LogP contribution in [0.2, 0.25) is 0 Å². The molecule has 4 aromatic rings. The van der Waals surface area contributed by atoms with E-state index in [1.165, 1.54) is 11.3 Å². The maximum atomic E-state index is 12.7. The number of pyridine rings is 1.